The van der Waals surface area contributed by atoms with Crippen LogP contribution in [-0.4, -0.2) is 29.6 Å². The van der Waals surface area contributed by atoms with E-state index in [2.05, 4.69) is 44.4 Å². The molecule has 1 aliphatic heterocycles. The van der Waals surface area contributed by atoms with Gasteiger partial charge in [0, 0.05) is 18.9 Å². The van der Waals surface area contributed by atoms with Crippen molar-refractivity contribution in [1.82, 2.24) is 5.32 Å². The van der Waals surface area contributed by atoms with Crippen molar-refractivity contribution in [3.8, 4) is 5.75 Å². The van der Waals surface area contributed by atoms with E-state index < -0.39 is 0 Å². The smallest absolute Gasteiger partial charge is 0.258 e. The standard InChI is InChI=1S/C21H28N2O2/c1-20(2)12-17(13-21(3,4)23-20)22-19(24)14-25-18-10-9-15-7-5-6-8-16(15)11-18/h5-11,17,23H,12-14H2,1-4H3,(H,22,24)/p+1. The van der Waals surface area contributed by atoms with Gasteiger partial charge in [0.05, 0.1) is 11.1 Å². The molecule has 2 aromatic carbocycles. The van der Waals surface area contributed by atoms with E-state index in [-0.39, 0.29) is 29.6 Å². The lowest BCUT2D eigenvalue weighted by Crippen LogP contribution is -3.06. The molecule has 0 saturated carbocycles. The summed E-state index contributed by atoms with van der Waals surface area (Å²) in [5, 5.41) is 7.85. The van der Waals surface area contributed by atoms with Crippen molar-refractivity contribution in [2.24, 2.45) is 0 Å². The third-order valence-electron chi connectivity index (χ3n) is 4.78. The summed E-state index contributed by atoms with van der Waals surface area (Å²) < 4.78 is 5.70. The highest BCUT2D eigenvalue weighted by Gasteiger charge is 2.42. The number of quaternary nitrogens is 1. The largest absolute Gasteiger partial charge is 0.484 e. The molecular weight excluding hydrogens is 312 g/mol. The fraction of sp³-hybridized carbons (Fsp3) is 0.476. The average molecular weight is 341 g/mol. The quantitative estimate of drug-likeness (QED) is 0.898. The first-order valence-electron chi connectivity index (χ1n) is 9.01. The minimum atomic E-state index is -0.0494. The highest BCUT2D eigenvalue weighted by Crippen LogP contribution is 2.22. The Hall–Kier alpha value is -2.07. The van der Waals surface area contributed by atoms with Crippen LogP contribution >= 0.6 is 0 Å². The van der Waals surface area contributed by atoms with Crippen molar-refractivity contribution in [2.75, 3.05) is 6.61 Å². The molecule has 1 heterocycles. The molecule has 2 aromatic rings. The van der Waals surface area contributed by atoms with Gasteiger partial charge in [0.2, 0.25) is 0 Å². The summed E-state index contributed by atoms with van der Waals surface area (Å²) >= 11 is 0. The van der Waals surface area contributed by atoms with E-state index in [9.17, 15) is 4.79 Å². The number of amides is 1. The van der Waals surface area contributed by atoms with Crippen molar-refractivity contribution < 1.29 is 14.8 Å². The van der Waals surface area contributed by atoms with Crippen LogP contribution in [0.5, 0.6) is 5.75 Å². The molecule has 0 bridgehead atoms. The molecular formula is C21H29N2O2+. The second-order valence-corrected chi connectivity index (χ2v) is 8.59. The van der Waals surface area contributed by atoms with Crippen molar-refractivity contribution in [2.45, 2.75) is 57.7 Å². The van der Waals surface area contributed by atoms with E-state index in [1.807, 2.05) is 36.4 Å². The van der Waals surface area contributed by atoms with E-state index in [0.29, 0.717) is 0 Å². The SMILES string of the molecule is CC1(C)CC(NC(=O)COc2ccc3ccccc3c2)CC(C)(C)[NH2+]1. The number of carbonyl (C=O) groups is 1. The summed E-state index contributed by atoms with van der Waals surface area (Å²) in [6.07, 6.45) is 1.94. The van der Waals surface area contributed by atoms with Crippen molar-refractivity contribution in [3.63, 3.8) is 0 Å². The monoisotopic (exact) mass is 341 g/mol. The van der Waals surface area contributed by atoms with Gasteiger partial charge < -0.3 is 15.4 Å². The van der Waals surface area contributed by atoms with E-state index >= 15 is 0 Å². The number of rotatable bonds is 4. The predicted octanol–water partition coefficient (Wildman–Crippen LogP) is 2.62. The lowest BCUT2D eigenvalue weighted by molar-refractivity contribution is -0.787. The van der Waals surface area contributed by atoms with Crippen LogP contribution in [0.4, 0.5) is 0 Å². The van der Waals surface area contributed by atoms with Crippen LogP contribution in [0.3, 0.4) is 0 Å². The van der Waals surface area contributed by atoms with Crippen LogP contribution in [0.2, 0.25) is 0 Å². The van der Waals surface area contributed by atoms with Crippen LogP contribution in [0, 0.1) is 0 Å². The van der Waals surface area contributed by atoms with E-state index in [0.717, 1.165) is 24.0 Å². The highest BCUT2D eigenvalue weighted by atomic mass is 16.5. The van der Waals surface area contributed by atoms with Crippen LogP contribution < -0.4 is 15.4 Å². The number of nitrogens with one attached hydrogen (secondary N) is 1. The van der Waals surface area contributed by atoms with Gasteiger partial charge in [0.1, 0.15) is 5.75 Å². The van der Waals surface area contributed by atoms with Gasteiger partial charge in [-0.3, -0.25) is 4.79 Å². The highest BCUT2D eigenvalue weighted by molar-refractivity contribution is 5.84. The molecule has 4 heteroatoms. The summed E-state index contributed by atoms with van der Waals surface area (Å²) in [6, 6.07) is 14.2. The molecule has 1 fully saturated rings. The first kappa shape index (κ1) is 17.7. The number of piperidine rings is 1. The van der Waals surface area contributed by atoms with Gasteiger partial charge in [-0.15, -0.1) is 0 Å². The Morgan fingerprint density at radius 2 is 1.72 bits per heavy atom. The zero-order chi connectivity index (χ0) is 18.1. The first-order valence-corrected chi connectivity index (χ1v) is 9.01. The van der Waals surface area contributed by atoms with Crippen molar-refractivity contribution in [1.29, 1.82) is 0 Å². The van der Waals surface area contributed by atoms with Gasteiger partial charge in [-0.1, -0.05) is 30.3 Å². The predicted molar refractivity (Wildman–Crippen MR) is 101 cm³/mol. The molecule has 25 heavy (non-hydrogen) atoms. The van der Waals surface area contributed by atoms with Crippen LogP contribution in [0.1, 0.15) is 40.5 Å². The summed E-state index contributed by atoms with van der Waals surface area (Å²) in [5.74, 6) is 0.679. The second kappa shape index (κ2) is 6.68. The first-order chi connectivity index (χ1) is 11.7. The fourth-order valence-electron chi connectivity index (χ4n) is 4.30. The number of benzene rings is 2. The number of nitrogens with two attached hydrogens (primary N) is 1. The third-order valence-corrected chi connectivity index (χ3v) is 4.78. The Bertz CT molecular complexity index is 751. The van der Waals surface area contributed by atoms with Crippen molar-refractivity contribution in [3.05, 3.63) is 42.5 Å². The van der Waals surface area contributed by atoms with Gasteiger partial charge in [-0.05, 0) is 50.6 Å². The second-order valence-electron chi connectivity index (χ2n) is 8.59. The molecule has 1 amide bonds. The molecule has 1 aliphatic rings. The van der Waals surface area contributed by atoms with E-state index in [1.54, 1.807) is 0 Å². The topological polar surface area (TPSA) is 54.9 Å². The van der Waals surface area contributed by atoms with Gasteiger partial charge in [0.25, 0.3) is 5.91 Å². The van der Waals surface area contributed by atoms with E-state index in [4.69, 9.17) is 4.74 Å². The Morgan fingerprint density at radius 1 is 1.08 bits per heavy atom. The normalized spacial score (nSPS) is 19.5. The lowest BCUT2D eigenvalue weighted by atomic mass is 9.79. The molecule has 3 rings (SSSR count). The molecule has 0 aliphatic carbocycles. The van der Waals surface area contributed by atoms with Gasteiger partial charge >= 0.3 is 0 Å². The summed E-state index contributed by atoms with van der Waals surface area (Å²) in [6.45, 7) is 8.99. The molecule has 0 unspecified atom stereocenters. The van der Waals surface area contributed by atoms with Crippen LogP contribution in [-0.2, 0) is 4.79 Å². The van der Waals surface area contributed by atoms with Crippen LogP contribution in [0.25, 0.3) is 10.8 Å². The van der Waals surface area contributed by atoms with Gasteiger partial charge in [-0.2, -0.15) is 0 Å². The summed E-state index contributed by atoms with van der Waals surface area (Å²) in [5.41, 5.74) is 0.276. The number of fused-ring (bicyclic) bond motifs is 1. The average Bonchev–Trinajstić information content (AvgIpc) is 2.49. The molecule has 0 radical (unpaired) electrons. The minimum Gasteiger partial charge on any atom is -0.484 e. The van der Waals surface area contributed by atoms with Crippen molar-refractivity contribution >= 4 is 16.7 Å². The zero-order valence-electron chi connectivity index (χ0n) is 15.6. The molecule has 1 saturated heterocycles. The number of ether oxygens (including phenoxy) is 1. The number of hydrogen-bond acceptors (Lipinski definition) is 2. The maximum Gasteiger partial charge on any atom is 0.258 e. The lowest BCUT2D eigenvalue weighted by Gasteiger charge is -2.43. The summed E-state index contributed by atoms with van der Waals surface area (Å²) in [4.78, 5) is 12.3. The molecule has 3 N–H and O–H groups in total. The zero-order valence-corrected chi connectivity index (χ0v) is 15.6. The third kappa shape index (κ3) is 4.73. The molecule has 0 aromatic heterocycles. The van der Waals surface area contributed by atoms with Crippen LogP contribution in [0.15, 0.2) is 42.5 Å². The fourth-order valence-corrected chi connectivity index (χ4v) is 4.30. The Labute approximate surface area is 149 Å². The maximum atomic E-state index is 12.3. The van der Waals surface area contributed by atoms with Gasteiger partial charge in [0.15, 0.2) is 6.61 Å². The molecule has 4 nitrogen and oxygen atoms in total. The Balaban J connectivity index is 1.57. The Morgan fingerprint density at radius 3 is 2.40 bits per heavy atom. The minimum absolute atomic E-state index is 0.0494. The number of hydrogen-bond donors (Lipinski definition) is 2. The summed E-state index contributed by atoms with van der Waals surface area (Å²) in [7, 11) is 0. The van der Waals surface area contributed by atoms with E-state index in [1.165, 1.54) is 5.39 Å². The Kier molecular flexibility index (Phi) is 4.74. The number of carbonyl (C=O) groups excluding carboxylic acids is 1. The molecule has 134 valence electrons. The molecule has 0 atom stereocenters. The van der Waals surface area contributed by atoms with Gasteiger partial charge in [-0.25, -0.2) is 0 Å². The maximum absolute atomic E-state index is 12.3. The molecule has 0 spiro atoms.